The Bertz CT molecular complexity index is 631. The first-order chi connectivity index (χ1) is 9.63. The van der Waals surface area contributed by atoms with Gasteiger partial charge in [-0.25, -0.2) is 4.39 Å². The normalized spacial score (nSPS) is 11.8. The molecule has 0 aliphatic heterocycles. The zero-order valence-corrected chi connectivity index (χ0v) is 10.8. The minimum atomic E-state index is -1.40. The van der Waals surface area contributed by atoms with Crippen molar-refractivity contribution in [2.24, 2.45) is 0 Å². The minimum Gasteiger partial charge on any atom is -0.497 e. The fourth-order valence-electron chi connectivity index (χ4n) is 1.68. The monoisotopic (exact) mass is 274 g/mol. The summed E-state index contributed by atoms with van der Waals surface area (Å²) in [5.41, 5.74) is 0.0984. The summed E-state index contributed by atoms with van der Waals surface area (Å²) in [4.78, 5) is 11.8. The Morgan fingerprint density at radius 3 is 2.05 bits per heavy atom. The summed E-state index contributed by atoms with van der Waals surface area (Å²) in [5.74, 6) is -3.02. The van der Waals surface area contributed by atoms with Crippen LogP contribution in [0.3, 0.4) is 0 Å². The van der Waals surface area contributed by atoms with Crippen molar-refractivity contribution >= 4 is 11.6 Å². The lowest BCUT2D eigenvalue weighted by molar-refractivity contribution is 0.100. The van der Waals surface area contributed by atoms with Crippen molar-refractivity contribution in [2.45, 2.75) is 0 Å². The molecule has 0 amide bonds. The highest BCUT2D eigenvalue weighted by Gasteiger charge is 2.18. The molecule has 0 aromatic heterocycles. The number of hydrogen-bond acceptors (Lipinski definition) is 2. The van der Waals surface area contributed by atoms with Gasteiger partial charge in [0.05, 0.1) is 7.11 Å². The second-order valence-corrected chi connectivity index (χ2v) is 4.05. The van der Waals surface area contributed by atoms with Crippen molar-refractivity contribution in [3.8, 4) is 5.75 Å². The van der Waals surface area contributed by atoms with Gasteiger partial charge in [-0.15, -0.1) is 0 Å². The van der Waals surface area contributed by atoms with Crippen molar-refractivity contribution in [1.29, 1.82) is 0 Å². The van der Waals surface area contributed by atoms with E-state index in [1.807, 2.05) is 0 Å². The zero-order valence-electron chi connectivity index (χ0n) is 10.8. The van der Waals surface area contributed by atoms with E-state index in [2.05, 4.69) is 0 Å². The standard InChI is InChI=1S/C16H12F2O2/c1-20-13-9-7-12(8-10-13)16(19)15(18)14(17)11-5-3-2-4-6-11/h2-10H,1H3/b15-14+. The van der Waals surface area contributed by atoms with Crippen LogP contribution in [0.2, 0.25) is 0 Å². The van der Waals surface area contributed by atoms with Gasteiger partial charge in [0.2, 0.25) is 11.6 Å². The van der Waals surface area contributed by atoms with Crippen LogP contribution in [0, 0.1) is 0 Å². The lowest BCUT2D eigenvalue weighted by atomic mass is 10.1. The molecule has 2 aromatic carbocycles. The molecule has 0 saturated carbocycles. The molecule has 0 radical (unpaired) electrons. The Hall–Kier alpha value is -2.49. The van der Waals surface area contributed by atoms with Gasteiger partial charge in [0.1, 0.15) is 5.75 Å². The van der Waals surface area contributed by atoms with Gasteiger partial charge in [0, 0.05) is 11.1 Å². The van der Waals surface area contributed by atoms with Gasteiger partial charge < -0.3 is 4.74 Å². The van der Waals surface area contributed by atoms with E-state index in [1.165, 1.54) is 43.5 Å². The van der Waals surface area contributed by atoms with Gasteiger partial charge in [0.15, 0.2) is 5.83 Å². The number of ketones is 1. The van der Waals surface area contributed by atoms with E-state index >= 15 is 0 Å². The van der Waals surface area contributed by atoms with Gasteiger partial charge in [0.25, 0.3) is 0 Å². The zero-order chi connectivity index (χ0) is 14.5. The minimum absolute atomic E-state index is 0.0341. The van der Waals surface area contributed by atoms with E-state index in [0.717, 1.165) is 0 Å². The number of halogens is 2. The highest BCUT2D eigenvalue weighted by atomic mass is 19.2. The lowest BCUT2D eigenvalue weighted by Gasteiger charge is -2.03. The van der Waals surface area contributed by atoms with Crippen molar-refractivity contribution < 1.29 is 18.3 Å². The van der Waals surface area contributed by atoms with Crippen LogP contribution in [0.25, 0.3) is 5.83 Å². The molecule has 4 heteroatoms. The highest BCUT2D eigenvalue weighted by molar-refractivity contribution is 6.10. The first-order valence-electron chi connectivity index (χ1n) is 5.93. The second-order valence-electron chi connectivity index (χ2n) is 4.05. The van der Waals surface area contributed by atoms with E-state index < -0.39 is 17.4 Å². The average molecular weight is 274 g/mol. The fraction of sp³-hybridized carbons (Fsp3) is 0.0625. The summed E-state index contributed by atoms with van der Waals surface area (Å²) in [5, 5.41) is 0. The number of rotatable bonds is 4. The van der Waals surface area contributed by atoms with Crippen LogP contribution in [0.1, 0.15) is 15.9 Å². The molecule has 0 fully saturated rings. The first-order valence-corrected chi connectivity index (χ1v) is 5.93. The molecule has 2 nitrogen and oxygen atoms in total. The van der Waals surface area contributed by atoms with Gasteiger partial charge in [-0.1, -0.05) is 30.3 Å². The molecule has 0 aliphatic carbocycles. The van der Waals surface area contributed by atoms with Crippen molar-refractivity contribution in [3.05, 3.63) is 71.6 Å². The first kappa shape index (κ1) is 13.9. The van der Waals surface area contributed by atoms with E-state index in [0.29, 0.717) is 5.75 Å². The van der Waals surface area contributed by atoms with Crippen LogP contribution < -0.4 is 4.74 Å². The van der Waals surface area contributed by atoms with Crippen molar-refractivity contribution in [3.63, 3.8) is 0 Å². The Labute approximate surface area is 115 Å². The molecule has 20 heavy (non-hydrogen) atoms. The number of Topliss-reactive ketones (excluding diaryl/α,β-unsaturated/α-hetero) is 1. The summed E-state index contributed by atoms with van der Waals surface area (Å²) in [6.07, 6.45) is 0. The predicted octanol–water partition coefficient (Wildman–Crippen LogP) is 4.19. The van der Waals surface area contributed by atoms with E-state index in [4.69, 9.17) is 4.74 Å². The largest absolute Gasteiger partial charge is 0.497 e. The van der Waals surface area contributed by atoms with E-state index in [9.17, 15) is 13.6 Å². The van der Waals surface area contributed by atoms with Crippen molar-refractivity contribution in [1.82, 2.24) is 0 Å². The van der Waals surface area contributed by atoms with Gasteiger partial charge >= 0.3 is 0 Å². The molecule has 0 bridgehead atoms. The smallest absolute Gasteiger partial charge is 0.224 e. The Morgan fingerprint density at radius 1 is 0.900 bits per heavy atom. The van der Waals surface area contributed by atoms with Crippen LogP contribution in [0.15, 0.2) is 60.4 Å². The second kappa shape index (κ2) is 6.10. The highest BCUT2D eigenvalue weighted by Crippen LogP contribution is 2.24. The fourth-order valence-corrected chi connectivity index (χ4v) is 1.68. The van der Waals surface area contributed by atoms with Crippen LogP contribution in [0.4, 0.5) is 8.78 Å². The molecule has 2 rings (SSSR count). The Balaban J connectivity index is 2.31. The van der Waals surface area contributed by atoms with E-state index in [1.54, 1.807) is 18.2 Å². The van der Waals surface area contributed by atoms with E-state index in [-0.39, 0.29) is 11.1 Å². The molecular formula is C16H12F2O2. The number of hydrogen-bond donors (Lipinski definition) is 0. The number of ether oxygens (including phenoxy) is 1. The quantitative estimate of drug-likeness (QED) is 0.617. The maximum atomic E-state index is 13.9. The maximum Gasteiger partial charge on any atom is 0.224 e. The molecule has 0 spiro atoms. The number of carbonyl (C=O) groups excluding carboxylic acids is 1. The summed E-state index contributed by atoms with van der Waals surface area (Å²) < 4.78 is 32.7. The summed E-state index contributed by atoms with van der Waals surface area (Å²) >= 11 is 0. The Morgan fingerprint density at radius 2 is 1.50 bits per heavy atom. The van der Waals surface area contributed by atoms with Gasteiger partial charge in [-0.05, 0) is 24.3 Å². The van der Waals surface area contributed by atoms with Crippen LogP contribution in [0.5, 0.6) is 5.75 Å². The summed E-state index contributed by atoms with van der Waals surface area (Å²) in [6.45, 7) is 0. The molecule has 0 heterocycles. The third-order valence-corrected chi connectivity index (χ3v) is 2.77. The molecule has 0 aliphatic rings. The van der Waals surface area contributed by atoms with Crippen LogP contribution in [-0.4, -0.2) is 12.9 Å². The molecular weight excluding hydrogens is 262 g/mol. The number of carbonyl (C=O) groups is 1. The molecule has 2 aromatic rings. The topological polar surface area (TPSA) is 26.3 Å². The third kappa shape index (κ3) is 2.91. The van der Waals surface area contributed by atoms with Crippen molar-refractivity contribution in [2.75, 3.05) is 7.11 Å². The molecule has 102 valence electrons. The summed E-state index contributed by atoms with van der Waals surface area (Å²) in [6, 6.07) is 13.4. The SMILES string of the molecule is COc1ccc(C(=O)/C(F)=C(\F)c2ccccc2)cc1. The molecule has 0 N–H and O–H groups in total. The van der Waals surface area contributed by atoms with Gasteiger partial charge in [-0.3, -0.25) is 4.79 Å². The average Bonchev–Trinajstić information content (AvgIpc) is 2.53. The van der Waals surface area contributed by atoms with Gasteiger partial charge in [-0.2, -0.15) is 4.39 Å². The lowest BCUT2D eigenvalue weighted by Crippen LogP contribution is -2.01. The van der Waals surface area contributed by atoms with Crippen LogP contribution >= 0.6 is 0 Å². The predicted molar refractivity (Wildman–Crippen MR) is 72.9 cm³/mol. The molecule has 0 atom stereocenters. The number of benzene rings is 2. The van der Waals surface area contributed by atoms with Crippen LogP contribution in [-0.2, 0) is 0 Å². The Kier molecular flexibility index (Phi) is 4.25. The number of allylic oxidation sites excluding steroid dienone is 1. The molecule has 0 unspecified atom stereocenters. The summed E-state index contributed by atoms with van der Waals surface area (Å²) in [7, 11) is 1.48. The maximum absolute atomic E-state index is 13.9. The molecule has 0 saturated heterocycles. The third-order valence-electron chi connectivity index (χ3n) is 2.77. The number of methoxy groups -OCH3 is 1.